The summed E-state index contributed by atoms with van der Waals surface area (Å²) in [5, 5.41) is 21.6. The average Bonchev–Trinajstić information content (AvgIpc) is 2.41. The van der Waals surface area contributed by atoms with E-state index >= 15 is 0 Å². The second-order valence-electron chi connectivity index (χ2n) is 4.83. The van der Waals surface area contributed by atoms with Crippen LogP contribution >= 0.6 is 0 Å². The number of piperidine rings is 1. The minimum atomic E-state index is -0.801. The minimum absolute atomic E-state index is 0.0372. The van der Waals surface area contributed by atoms with Crippen LogP contribution in [0.3, 0.4) is 0 Å². The van der Waals surface area contributed by atoms with Crippen LogP contribution in [0, 0.1) is 5.92 Å². The molecule has 1 saturated heterocycles. The highest BCUT2D eigenvalue weighted by atomic mass is 16.4. The maximum absolute atomic E-state index is 11.0. The third-order valence-electron chi connectivity index (χ3n) is 3.74. The third-order valence-corrected chi connectivity index (χ3v) is 3.74. The molecule has 3 atom stereocenters. The van der Waals surface area contributed by atoms with E-state index in [-0.39, 0.29) is 18.4 Å². The molecular weight excluding hydrogens is 230 g/mol. The number of aliphatic hydroxyl groups is 1. The lowest BCUT2D eigenvalue weighted by Crippen LogP contribution is -2.45. The Hall–Kier alpha value is -1.39. The second kappa shape index (κ2) is 5.98. The Labute approximate surface area is 107 Å². The fourth-order valence-electron chi connectivity index (χ4n) is 2.73. The van der Waals surface area contributed by atoms with Crippen molar-refractivity contribution in [2.24, 2.45) is 5.92 Å². The van der Waals surface area contributed by atoms with Gasteiger partial charge in [-0.3, -0.25) is 4.79 Å². The van der Waals surface area contributed by atoms with E-state index < -0.39 is 12.0 Å². The monoisotopic (exact) mass is 249 g/mol. The molecule has 0 radical (unpaired) electrons. The highest BCUT2D eigenvalue weighted by molar-refractivity contribution is 5.73. The molecule has 3 N–H and O–H groups in total. The van der Waals surface area contributed by atoms with Crippen LogP contribution in [0.15, 0.2) is 30.3 Å². The van der Waals surface area contributed by atoms with E-state index in [0.717, 1.165) is 12.0 Å². The van der Waals surface area contributed by atoms with Gasteiger partial charge in [-0.2, -0.15) is 0 Å². The summed E-state index contributed by atoms with van der Waals surface area (Å²) in [6.07, 6.45) is 1.49. The average molecular weight is 249 g/mol. The molecule has 4 heteroatoms. The number of aliphatic carboxylic acids is 1. The largest absolute Gasteiger partial charge is 0.480 e. The molecule has 2 rings (SSSR count). The molecule has 1 heterocycles. The third kappa shape index (κ3) is 2.89. The van der Waals surface area contributed by atoms with Crippen LogP contribution in [0.25, 0.3) is 0 Å². The van der Waals surface area contributed by atoms with E-state index in [4.69, 9.17) is 5.11 Å². The zero-order chi connectivity index (χ0) is 13.0. The van der Waals surface area contributed by atoms with E-state index in [2.05, 4.69) is 5.32 Å². The summed E-state index contributed by atoms with van der Waals surface area (Å²) in [7, 11) is 0. The Morgan fingerprint density at radius 1 is 1.39 bits per heavy atom. The van der Waals surface area contributed by atoms with Gasteiger partial charge in [0.2, 0.25) is 0 Å². The first-order valence-corrected chi connectivity index (χ1v) is 6.34. The molecule has 98 valence electrons. The number of carboxylic acid groups (broad SMARTS) is 1. The zero-order valence-corrected chi connectivity index (χ0v) is 10.2. The van der Waals surface area contributed by atoms with Gasteiger partial charge < -0.3 is 15.5 Å². The Kier molecular flexibility index (Phi) is 4.33. The second-order valence-corrected chi connectivity index (χ2v) is 4.83. The Bertz CT molecular complexity index is 393. The molecule has 0 amide bonds. The van der Waals surface area contributed by atoms with Crippen LogP contribution in [0.5, 0.6) is 0 Å². The molecule has 1 aliphatic heterocycles. The number of carbonyl (C=O) groups is 1. The van der Waals surface area contributed by atoms with Crippen molar-refractivity contribution in [1.82, 2.24) is 5.32 Å². The predicted octanol–water partition coefficient (Wildman–Crippen LogP) is 1.22. The molecule has 0 aliphatic carbocycles. The molecule has 0 aromatic heterocycles. The highest BCUT2D eigenvalue weighted by Crippen LogP contribution is 2.32. The van der Waals surface area contributed by atoms with Gasteiger partial charge in [0.15, 0.2) is 0 Å². The van der Waals surface area contributed by atoms with Crippen LogP contribution in [-0.2, 0) is 4.79 Å². The van der Waals surface area contributed by atoms with Gasteiger partial charge in [0.25, 0.3) is 0 Å². The van der Waals surface area contributed by atoms with Crippen molar-refractivity contribution in [3.63, 3.8) is 0 Å². The van der Waals surface area contributed by atoms with E-state index in [1.807, 2.05) is 30.3 Å². The number of carboxylic acids is 1. The van der Waals surface area contributed by atoms with Crippen LogP contribution in [0.1, 0.15) is 24.3 Å². The first-order valence-electron chi connectivity index (χ1n) is 6.34. The van der Waals surface area contributed by atoms with E-state index in [1.54, 1.807) is 0 Å². The van der Waals surface area contributed by atoms with Crippen LogP contribution in [-0.4, -0.2) is 35.4 Å². The smallest absolute Gasteiger partial charge is 0.320 e. The topological polar surface area (TPSA) is 69.6 Å². The Balaban J connectivity index is 2.11. The number of hydrogen-bond acceptors (Lipinski definition) is 3. The maximum atomic E-state index is 11.0. The standard InChI is InChI=1S/C14H19NO3/c16-9-12(10-4-2-1-3-5-10)11-6-7-15-13(8-11)14(17)18/h1-5,11-13,15-16H,6-9H2,(H,17,18). The lowest BCUT2D eigenvalue weighted by Gasteiger charge is -2.33. The summed E-state index contributed by atoms with van der Waals surface area (Å²) < 4.78 is 0. The molecule has 4 nitrogen and oxygen atoms in total. The van der Waals surface area contributed by atoms with Crippen molar-refractivity contribution in [3.05, 3.63) is 35.9 Å². The number of rotatable bonds is 4. The normalized spacial score (nSPS) is 25.6. The van der Waals surface area contributed by atoms with E-state index in [0.29, 0.717) is 13.0 Å². The van der Waals surface area contributed by atoms with Crippen molar-refractivity contribution in [1.29, 1.82) is 0 Å². The van der Waals surface area contributed by atoms with E-state index in [1.165, 1.54) is 0 Å². The molecule has 0 spiro atoms. The highest BCUT2D eigenvalue weighted by Gasteiger charge is 2.31. The minimum Gasteiger partial charge on any atom is -0.480 e. The maximum Gasteiger partial charge on any atom is 0.320 e. The summed E-state index contributed by atoms with van der Waals surface area (Å²) in [5.74, 6) is -0.542. The predicted molar refractivity (Wildman–Crippen MR) is 68.4 cm³/mol. The molecule has 1 fully saturated rings. The number of aliphatic hydroxyl groups excluding tert-OH is 1. The van der Waals surface area contributed by atoms with Gasteiger partial charge in [0.05, 0.1) is 6.61 Å². The van der Waals surface area contributed by atoms with Crippen molar-refractivity contribution >= 4 is 5.97 Å². The van der Waals surface area contributed by atoms with Crippen molar-refractivity contribution in [2.45, 2.75) is 24.8 Å². The first-order chi connectivity index (χ1) is 8.72. The van der Waals surface area contributed by atoms with E-state index in [9.17, 15) is 9.90 Å². The van der Waals surface area contributed by atoms with Crippen LogP contribution < -0.4 is 5.32 Å². The van der Waals surface area contributed by atoms with Crippen molar-refractivity contribution in [3.8, 4) is 0 Å². The number of hydrogen-bond donors (Lipinski definition) is 3. The van der Waals surface area contributed by atoms with Crippen LogP contribution in [0.2, 0.25) is 0 Å². The molecule has 1 aromatic rings. The zero-order valence-electron chi connectivity index (χ0n) is 10.2. The number of benzene rings is 1. The lowest BCUT2D eigenvalue weighted by molar-refractivity contribution is -0.140. The van der Waals surface area contributed by atoms with Crippen molar-refractivity contribution in [2.75, 3.05) is 13.2 Å². The van der Waals surface area contributed by atoms with Crippen molar-refractivity contribution < 1.29 is 15.0 Å². The SMILES string of the molecule is O=C(O)C1CC(C(CO)c2ccccc2)CCN1. The summed E-state index contributed by atoms with van der Waals surface area (Å²) in [6, 6.07) is 9.36. The Morgan fingerprint density at radius 3 is 2.72 bits per heavy atom. The molecule has 18 heavy (non-hydrogen) atoms. The Morgan fingerprint density at radius 2 is 2.11 bits per heavy atom. The molecule has 0 bridgehead atoms. The van der Waals surface area contributed by atoms with Gasteiger partial charge in [-0.1, -0.05) is 30.3 Å². The molecule has 0 saturated carbocycles. The molecule has 1 aliphatic rings. The van der Waals surface area contributed by atoms with Gasteiger partial charge in [0, 0.05) is 5.92 Å². The summed E-state index contributed by atoms with van der Waals surface area (Å²) in [4.78, 5) is 11.0. The fraction of sp³-hybridized carbons (Fsp3) is 0.500. The quantitative estimate of drug-likeness (QED) is 0.750. The molecular formula is C14H19NO3. The lowest BCUT2D eigenvalue weighted by atomic mass is 9.78. The molecule has 1 aromatic carbocycles. The van der Waals surface area contributed by atoms with Gasteiger partial charge in [-0.15, -0.1) is 0 Å². The summed E-state index contributed by atoms with van der Waals surface area (Å²) in [5.41, 5.74) is 1.09. The molecule has 3 unspecified atom stereocenters. The summed E-state index contributed by atoms with van der Waals surface area (Å²) >= 11 is 0. The fourth-order valence-corrected chi connectivity index (χ4v) is 2.73. The van der Waals surface area contributed by atoms with Gasteiger partial charge in [0.1, 0.15) is 6.04 Å². The van der Waals surface area contributed by atoms with Gasteiger partial charge >= 0.3 is 5.97 Å². The number of nitrogens with one attached hydrogen (secondary N) is 1. The van der Waals surface area contributed by atoms with Gasteiger partial charge in [-0.05, 0) is 30.9 Å². The van der Waals surface area contributed by atoms with Crippen LogP contribution in [0.4, 0.5) is 0 Å². The van der Waals surface area contributed by atoms with Gasteiger partial charge in [-0.25, -0.2) is 0 Å². The summed E-state index contributed by atoms with van der Waals surface area (Å²) in [6.45, 7) is 0.770. The first kappa shape index (κ1) is 13.1.